The van der Waals surface area contributed by atoms with Crippen molar-refractivity contribution in [3.63, 3.8) is 0 Å². The first-order chi connectivity index (χ1) is 11.6. The van der Waals surface area contributed by atoms with E-state index in [9.17, 15) is 15.3 Å². The van der Waals surface area contributed by atoms with Gasteiger partial charge in [0, 0.05) is 19.6 Å². The summed E-state index contributed by atoms with van der Waals surface area (Å²) in [5.74, 6) is 0. The van der Waals surface area contributed by atoms with Crippen molar-refractivity contribution in [3.8, 4) is 0 Å². The third-order valence-electron chi connectivity index (χ3n) is 4.87. The number of nitrogens with zero attached hydrogens (tertiary/aromatic N) is 4. The van der Waals surface area contributed by atoms with Crippen LogP contribution in [-0.4, -0.2) is 114 Å². The second kappa shape index (κ2) is 13.9. The molecule has 0 aromatic rings. The summed E-state index contributed by atoms with van der Waals surface area (Å²) < 4.78 is 0. The summed E-state index contributed by atoms with van der Waals surface area (Å²) in [6, 6.07) is 0. The lowest BCUT2D eigenvalue weighted by Crippen LogP contribution is -2.37. The van der Waals surface area contributed by atoms with E-state index in [0.29, 0.717) is 0 Å². The molecule has 3 N–H and O–H groups in total. The van der Waals surface area contributed by atoms with Crippen LogP contribution in [0.3, 0.4) is 0 Å². The number of aliphatic hydroxyl groups is 3. The minimum Gasteiger partial charge on any atom is -0.379 e. The summed E-state index contributed by atoms with van der Waals surface area (Å²) in [5.41, 5.74) is 0. The maximum atomic E-state index is 9.55. The van der Waals surface area contributed by atoms with E-state index in [4.69, 9.17) is 0 Å². The third-order valence-corrected chi connectivity index (χ3v) is 4.87. The molecule has 3 unspecified atom stereocenters. The molecule has 7 heteroatoms. The first-order valence-corrected chi connectivity index (χ1v) is 9.52. The molecule has 0 heterocycles. The van der Waals surface area contributed by atoms with Gasteiger partial charge in [0.15, 0.2) is 0 Å². The van der Waals surface area contributed by atoms with Crippen LogP contribution in [0, 0.1) is 0 Å². The second-order valence-electron chi connectivity index (χ2n) is 7.24. The molecule has 0 fully saturated rings. The summed E-state index contributed by atoms with van der Waals surface area (Å²) >= 11 is 0. The van der Waals surface area contributed by atoms with Gasteiger partial charge >= 0.3 is 0 Å². The van der Waals surface area contributed by atoms with Crippen LogP contribution in [-0.2, 0) is 0 Å². The molecule has 0 aromatic heterocycles. The number of rotatable bonds is 15. The molecular formula is C18H42N4O3. The minimum absolute atomic E-state index is 0.409. The Hall–Kier alpha value is -0.280. The van der Waals surface area contributed by atoms with E-state index in [-0.39, 0.29) is 0 Å². The molecule has 0 amide bonds. The Bertz CT molecular complexity index is 269. The molecule has 0 saturated heterocycles. The molecule has 0 radical (unpaired) electrons. The summed E-state index contributed by atoms with van der Waals surface area (Å²) in [6.07, 6.45) is 1.81. The highest BCUT2D eigenvalue weighted by molar-refractivity contribution is 4.64. The predicted octanol–water partition coefficient (Wildman–Crippen LogP) is 0.269. The summed E-state index contributed by atoms with van der Waals surface area (Å²) in [5, 5.41) is 28.6. The average molecular weight is 363 g/mol. The zero-order chi connectivity index (χ0) is 19.4. The fraction of sp³-hybridized carbons (Fsp3) is 1.00. The van der Waals surface area contributed by atoms with Gasteiger partial charge in [0.1, 0.15) is 18.7 Å². The van der Waals surface area contributed by atoms with E-state index in [1.54, 1.807) is 20.8 Å². The first-order valence-electron chi connectivity index (χ1n) is 9.52. The Morgan fingerprint density at radius 2 is 0.760 bits per heavy atom. The largest absolute Gasteiger partial charge is 0.379 e. The van der Waals surface area contributed by atoms with Crippen molar-refractivity contribution in [3.05, 3.63) is 0 Å². The standard InChI is InChI=1S/C18H42N4O3/c1-16(23)19(4)10-7-13-22(14-8-11-20(5)17(2)24)15-9-12-21(6)18(3)25/h16-18,23-25H,7-15H2,1-6H3. The fourth-order valence-corrected chi connectivity index (χ4v) is 2.53. The Morgan fingerprint density at radius 3 is 0.960 bits per heavy atom. The van der Waals surface area contributed by atoms with E-state index in [0.717, 1.165) is 58.5 Å². The topological polar surface area (TPSA) is 73.7 Å². The lowest BCUT2D eigenvalue weighted by atomic mass is 10.2. The van der Waals surface area contributed by atoms with E-state index in [1.165, 1.54) is 0 Å². The van der Waals surface area contributed by atoms with Crippen LogP contribution in [0.4, 0.5) is 0 Å². The summed E-state index contributed by atoms with van der Waals surface area (Å²) in [4.78, 5) is 8.28. The highest BCUT2D eigenvalue weighted by Crippen LogP contribution is 2.03. The van der Waals surface area contributed by atoms with Gasteiger partial charge in [0.2, 0.25) is 0 Å². The van der Waals surface area contributed by atoms with E-state index < -0.39 is 18.7 Å². The molecule has 0 bridgehead atoms. The average Bonchev–Trinajstić information content (AvgIpc) is 2.53. The Balaban J connectivity index is 4.25. The maximum Gasteiger partial charge on any atom is 0.104 e. The molecule has 0 rings (SSSR count). The quantitative estimate of drug-likeness (QED) is 0.361. The first kappa shape index (κ1) is 24.7. The van der Waals surface area contributed by atoms with Gasteiger partial charge in [0.25, 0.3) is 0 Å². The van der Waals surface area contributed by atoms with Crippen LogP contribution in [0.1, 0.15) is 40.0 Å². The van der Waals surface area contributed by atoms with E-state index in [1.807, 2.05) is 35.8 Å². The highest BCUT2D eigenvalue weighted by atomic mass is 16.3. The van der Waals surface area contributed by atoms with Crippen LogP contribution >= 0.6 is 0 Å². The SMILES string of the molecule is CC(O)N(C)CCCN(CCCN(C)C(C)O)CCCN(C)C(C)O. The Kier molecular flexibility index (Phi) is 13.7. The van der Waals surface area contributed by atoms with Crippen molar-refractivity contribution in [1.82, 2.24) is 19.6 Å². The normalized spacial score (nSPS) is 16.2. The minimum atomic E-state index is -0.409. The maximum absolute atomic E-state index is 9.55. The summed E-state index contributed by atoms with van der Waals surface area (Å²) in [6.45, 7) is 11.0. The molecule has 0 aromatic carbocycles. The van der Waals surface area contributed by atoms with Crippen molar-refractivity contribution in [1.29, 1.82) is 0 Å². The van der Waals surface area contributed by atoms with Gasteiger partial charge in [-0.25, -0.2) is 0 Å². The zero-order valence-electron chi connectivity index (χ0n) is 17.2. The van der Waals surface area contributed by atoms with Crippen LogP contribution in [0.5, 0.6) is 0 Å². The van der Waals surface area contributed by atoms with E-state index >= 15 is 0 Å². The molecular weight excluding hydrogens is 320 g/mol. The number of aliphatic hydroxyl groups excluding tert-OH is 3. The van der Waals surface area contributed by atoms with Gasteiger partial charge in [-0.1, -0.05) is 0 Å². The third kappa shape index (κ3) is 12.7. The second-order valence-corrected chi connectivity index (χ2v) is 7.24. The van der Waals surface area contributed by atoms with Crippen LogP contribution in [0.15, 0.2) is 0 Å². The molecule has 0 spiro atoms. The molecule has 0 saturated carbocycles. The smallest absolute Gasteiger partial charge is 0.104 e. The predicted molar refractivity (Wildman–Crippen MR) is 103 cm³/mol. The monoisotopic (exact) mass is 362 g/mol. The highest BCUT2D eigenvalue weighted by Gasteiger charge is 2.11. The molecule has 152 valence electrons. The van der Waals surface area contributed by atoms with Gasteiger partial charge in [0.05, 0.1) is 0 Å². The van der Waals surface area contributed by atoms with Crippen molar-refractivity contribution in [2.24, 2.45) is 0 Å². The Labute approximate surface area is 154 Å². The van der Waals surface area contributed by atoms with Crippen molar-refractivity contribution >= 4 is 0 Å². The Morgan fingerprint density at radius 1 is 0.520 bits per heavy atom. The fourth-order valence-electron chi connectivity index (χ4n) is 2.53. The molecule has 0 aliphatic carbocycles. The van der Waals surface area contributed by atoms with Crippen LogP contribution in [0.2, 0.25) is 0 Å². The lowest BCUT2D eigenvalue weighted by molar-refractivity contribution is 0.0301. The van der Waals surface area contributed by atoms with Crippen molar-refractivity contribution < 1.29 is 15.3 Å². The van der Waals surface area contributed by atoms with Crippen molar-refractivity contribution in [2.45, 2.75) is 58.7 Å². The van der Waals surface area contributed by atoms with Crippen molar-refractivity contribution in [2.75, 3.05) is 60.4 Å². The van der Waals surface area contributed by atoms with E-state index in [2.05, 4.69) is 4.90 Å². The van der Waals surface area contributed by atoms with Gasteiger partial charge in [-0.15, -0.1) is 0 Å². The van der Waals surface area contributed by atoms with Gasteiger partial charge in [-0.05, 0) is 80.8 Å². The van der Waals surface area contributed by atoms with Crippen LogP contribution in [0.25, 0.3) is 0 Å². The van der Waals surface area contributed by atoms with Gasteiger partial charge < -0.3 is 20.2 Å². The molecule has 0 aliphatic heterocycles. The van der Waals surface area contributed by atoms with Gasteiger partial charge in [-0.3, -0.25) is 14.7 Å². The summed E-state index contributed by atoms with van der Waals surface area (Å²) in [7, 11) is 5.80. The van der Waals surface area contributed by atoms with Crippen LogP contribution < -0.4 is 0 Å². The molecule has 3 atom stereocenters. The number of hydrogen-bond acceptors (Lipinski definition) is 7. The molecule has 0 aliphatic rings. The lowest BCUT2D eigenvalue weighted by Gasteiger charge is -2.27. The zero-order valence-corrected chi connectivity index (χ0v) is 17.2. The number of hydrogen-bond donors (Lipinski definition) is 3. The van der Waals surface area contributed by atoms with Gasteiger partial charge in [-0.2, -0.15) is 0 Å². The molecule has 7 nitrogen and oxygen atoms in total. The molecule has 25 heavy (non-hydrogen) atoms.